The number of benzene rings is 4. The second kappa shape index (κ2) is 9.44. The van der Waals surface area contributed by atoms with Gasteiger partial charge in [0.2, 0.25) is 0 Å². The summed E-state index contributed by atoms with van der Waals surface area (Å²) in [6.07, 6.45) is -1.24. The maximum absolute atomic E-state index is 13.6. The smallest absolute Gasteiger partial charge is 0.338 e. The number of carbonyl (C=O) groups excluding carboxylic acids is 2. The van der Waals surface area contributed by atoms with Crippen LogP contribution in [-0.4, -0.2) is 24.1 Å². The van der Waals surface area contributed by atoms with E-state index in [-0.39, 0.29) is 17.3 Å². The Balaban J connectivity index is 1.40. The Kier molecular flexibility index (Phi) is 5.93. The van der Waals surface area contributed by atoms with Gasteiger partial charge < -0.3 is 9.47 Å². The minimum absolute atomic E-state index is 0.0974. The predicted molar refractivity (Wildman–Crippen MR) is 159 cm³/mol. The third-order valence-electron chi connectivity index (χ3n) is 9.51. The molecule has 4 aromatic rings. The third-order valence-corrected chi connectivity index (χ3v) is 9.51. The van der Waals surface area contributed by atoms with Crippen LogP contribution in [0.2, 0.25) is 0 Å². The molecule has 1 saturated carbocycles. The number of ether oxygens (including phenoxy) is 2. The van der Waals surface area contributed by atoms with E-state index in [1.54, 1.807) is 24.3 Å². The summed E-state index contributed by atoms with van der Waals surface area (Å²) in [5, 5.41) is 0. The number of hydrogen-bond donors (Lipinski definition) is 0. The zero-order valence-electron chi connectivity index (χ0n) is 23.8. The van der Waals surface area contributed by atoms with Gasteiger partial charge >= 0.3 is 11.9 Å². The Morgan fingerprint density at radius 1 is 0.634 bits per heavy atom. The Bertz CT molecular complexity index is 1650. The largest absolute Gasteiger partial charge is 0.454 e. The molecule has 1 spiro atoms. The van der Waals surface area contributed by atoms with Crippen LogP contribution < -0.4 is 0 Å². The second-order valence-electron chi connectivity index (χ2n) is 12.3. The zero-order valence-corrected chi connectivity index (χ0v) is 23.8. The van der Waals surface area contributed by atoms with Gasteiger partial charge in [-0.2, -0.15) is 0 Å². The van der Waals surface area contributed by atoms with Gasteiger partial charge in [0.05, 0.1) is 11.1 Å². The summed E-state index contributed by atoms with van der Waals surface area (Å²) in [6, 6.07) is 31.5. The van der Waals surface area contributed by atoms with Crippen molar-refractivity contribution < 1.29 is 19.1 Å². The van der Waals surface area contributed by atoms with Crippen molar-refractivity contribution in [3.05, 3.63) is 142 Å². The number of carbonyl (C=O) groups is 2. The van der Waals surface area contributed by atoms with Crippen molar-refractivity contribution in [3.63, 3.8) is 0 Å². The summed E-state index contributed by atoms with van der Waals surface area (Å²) in [5.74, 6) is -0.297. The molecular formula is C37H34O4. The zero-order chi connectivity index (χ0) is 28.5. The van der Waals surface area contributed by atoms with Crippen LogP contribution in [0.3, 0.4) is 0 Å². The molecule has 0 radical (unpaired) electrons. The molecule has 206 valence electrons. The van der Waals surface area contributed by atoms with Crippen molar-refractivity contribution in [1.82, 2.24) is 0 Å². The summed E-state index contributed by atoms with van der Waals surface area (Å²) in [6.45, 7) is 8.83. The van der Waals surface area contributed by atoms with Gasteiger partial charge in [0, 0.05) is 17.3 Å². The van der Waals surface area contributed by atoms with Crippen molar-refractivity contribution >= 4 is 11.9 Å². The minimum Gasteiger partial charge on any atom is -0.454 e. The van der Waals surface area contributed by atoms with Gasteiger partial charge in [-0.3, -0.25) is 0 Å². The summed E-state index contributed by atoms with van der Waals surface area (Å²) in [5.41, 5.74) is 8.17. The van der Waals surface area contributed by atoms with E-state index in [1.165, 1.54) is 33.4 Å². The summed E-state index contributed by atoms with van der Waals surface area (Å²) in [4.78, 5) is 27.1. The Hall–Kier alpha value is -4.18. The van der Waals surface area contributed by atoms with Gasteiger partial charge in [0.1, 0.15) is 12.2 Å². The highest BCUT2D eigenvalue weighted by molar-refractivity contribution is 5.91. The van der Waals surface area contributed by atoms with Crippen LogP contribution in [0.1, 0.15) is 105 Å². The van der Waals surface area contributed by atoms with E-state index in [1.807, 2.05) is 36.4 Å². The summed E-state index contributed by atoms with van der Waals surface area (Å²) < 4.78 is 12.8. The van der Waals surface area contributed by atoms with Gasteiger partial charge in [-0.1, -0.05) is 100 Å². The SMILES string of the molecule is CC(C)c1ccc2c(c1)[C@]13c4cccc(C(C)C)c4[C@@H]1C(OC(=O)c1ccccc1)C(OC(=O)c1ccccc1)C23. The van der Waals surface area contributed by atoms with E-state index in [2.05, 4.69) is 64.1 Å². The second-order valence-corrected chi connectivity index (χ2v) is 12.3. The van der Waals surface area contributed by atoms with E-state index >= 15 is 0 Å². The first-order chi connectivity index (χ1) is 19.8. The third kappa shape index (κ3) is 3.59. The topological polar surface area (TPSA) is 52.6 Å². The fourth-order valence-corrected chi connectivity index (χ4v) is 7.72. The van der Waals surface area contributed by atoms with Crippen molar-refractivity contribution in [2.75, 3.05) is 0 Å². The van der Waals surface area contributed by atoms with Crippen LogP contribution >= 0.6 is 0 Å². The lowest BCUT2D eigenvalue weighted by Gasteiger charge is -2.59. The van der Waals surface area contributed by atoms with E-state index in [0.717, 1.165) is 0 Å². The molecule has 5 atom stereocenters. The average molecular weight is 543 g/mol. The molecule has 3 aliphatic carbocycles. The fourth-order valence-electron chi connectivity index (χ4n) is 7.72. The van der Waals surface area contributed by atoms with E-state index in [0.29, 0.717) is 23.0 Å². The van der Waals surface area contributed by atoms with Gasteiger partial charge in [-0.25, -0.2) is 9.59 Å². The van der Waals surface area contributed by atoms with Gasteiger partial charge in [-0.15, -0.1) is 0 Å². The van der Waals surface area contributed by atoms with Crippen molar-refractivity contribution in [3.8, 4) is 0 Å². The quantitative estimate of drug-likeness (QED) is 0.233. The molecule has 0 saturated heterocycles. The standard InChI is InChI=1S/C37H34O4/c1-21(2)25-18-19-27-29(20-25)37-28-17-11-16-26(22(3)4)30(28)32(37)34(41-36(39)24-14-9-6-10-15-24)33(31(27)37)40-35(38)23-12-7-5-8-13-23/h5-22,31-34H,1-4H3/t31?,32-,33?,34?,37+/m1/s1. The molecule has 1 fully saturated rings. The number of esters is 2. The number of fused-ring (bicyclic) bond motifs is 4. The van der Waals surface area contributed by atoms with Crippen LogP contribution in [0.25, 0.3) is 0 Å². The van der Waals surface area contributed by atoms with Crippen LogP contribution in [-0.2, 0) is 14.9 Å². The molecule has 4 heteroatoms. The lowest BCUT2D eigenvalue weighted by Crippen LogP contribution is -2.54. The maximum atomic E-state index is 13.6. The highest BCUT2D eigenvalue weighted by Gasteiger charge is 2.76. The first kappa shape index (κ1) is 25.8. The molecule has 3 aliphatic rings. The monoisotopic (exact) mass is 542 g/mol. The first-order valence-corrected chi connectivity index (χ1v) is 14.6. The number of hydrogen-bond acceptors (Lipinski definition) is 4. The van der Waals surface area contributed by atoms with Crippen molar-refractivity contribution in [2.45, 2.75) is 69.0 Å². The van der Waals surface area contributed by atoms with E-state index < -0.39 is 24.1 Å². The van der Waals surface area contributed by atoms with Crippen LogP contribution in [0.5, 0.6) is 0 Å². The molecule has 0 aliphatic heterocycles. The Morgan fingerprint density at radius 2 is 1.22 bits per heavy atom. The van der Waals surface area contributed by atoms with Gasteiger partial charge in [0.15, 0.2) is 0 Å². The molecule has 0 heterocycles. The van der Waals surface area contributed by atoms with Gasteiger partial charge in [-0.05, 0) is 69.5 Å². The highest BCUT2D eigenvalue weighted by Crippen LogP contribution is 2.77. The Morgan fingerprint density at radius 3 is 1.78 bits per heavy atom. The highest BCUT2D eigenvalue weighted by atomic mass is 16.6. The molecule has 7 rings (SSSR count). The lowest BCUT2D eigenvalue weighted by atomic mass is 9.43. The molecule has 0 N–H and O–H groups in total. The van der Waals surface area contributed by atoms with E-state index in [4.69, 9.17) is 9.47 Å². The van der Waals surface area contributed by atoms with Crippen LogP contribution in [0, 0.1) is 0 Å². The minimum atomic E-state index is -0.623. The number of rotatable bonds is 6. The lowest BCUT2D eigenvalue weighted by molar-refractivity contribution is -0.0318. The van der Waals surface area contributed by atoms with E-state index in [9.17, 15) is 9.59 Å². The predicted octanol–water partition coefficient (Wildman–Crippen LogP) is 7.88. The average Bonchev–Trinajstić information content (AvgIpc) is 3.16. The molecule has 3 unspecified atom stereocenters. The molecule has 0 bridgehead atoms. The molecular weight excluding hydrogens is 508 g/mol. The Labute approximate surface area is 241 Å². The molecule has 0 aromatic heterocycles. The summed E-state index contributed by atoms with van der Waals surface area (Å²) >= 11 is 0. The fraction of sp³-hybridized carbons (Fsp3) is 0.297. The maximum Gasteiger partial charge on any atom is 0.338 e. The first-order valence-electron chi connectivity index (χ1n) is 14.6. The normalized spacial score (nSPS) is 24.8. The van der Waals surface area contributed by atoms with Gasteiger partial charge in [0.25, 0.3) is 0 Å². The summed E-state index contributed by atoms with van der Waals surface area (Å²) in [7, 11) is 0. The van der Waals surface area contributed by atoms with Crippen molar-refractivity contribution in [2.24, 2.45) is 0 Å². The van der Waals surface area contributed by atoms with Crippen LogP contribution in [0.4, 0.5) is 0 Å². The molecule has 4 aromatic carbocycles. The molecule has 0 amide bonds. The van der Waals surface area contributed by atoms with Crippen molar-refractivity contribution in [1.29, 1.82) is 0 Å². The molecule has 4 nitrogen and oxygen atoms in total. The molecule has 41 heavy (non-hydrogen) atoms. The van der Waals surface area contributed by atoms with Crippen LogP contribution in [0.15, 0.2) is 97.1 Å².